The number of carbonyl (C=O) groups excluding carboxylic acids is 1. The van der Waals surface area contributed by atoms with E-state index in [0.717, 1.165) is 39.2 Å². The zero-order valence-electron chi connectivity index (χ0n) is 18.4. The highest BCUT2D eigenvalue weighted by molar-refractivity contribution is 5.97. The fourth-order valence-electron chi connectivity index (χ4n) is 3.65. The number of benzene rings is 1. The number of methoxy groups -OCH3 is 1. The van der Waals surface area contributed by atoms with Gasteiger partial charge in [0.05, 0.1) is 18.8 Å². The first-order valence-electron chi connectivity index (χ1n) is 9.36. The molecule has 0 aliphatic heterocycles. The van der Waals surface area contributed by atoms with E-state index < -0.39 is 0 Å². The van der Waals surface area contributed by atoms with Gasteiger partial charge in [0.2, 0.25) is 0 Å². The summed E-state index contributed by atoms with van der Waals surface area (Å²) in [6.45, 7) is 17.3. The molecular weight excluding hydrogens is 346 g/mol. The third kappa shape index (κ3) is 4.89. The zero-order chi connectivity index (χ0) is 21.6. The number of Topliss-reactive ketones (excluding diaryl/α,β-unsaturated/α-hetero) is 1. The predicted molar refractivity (Wildman–Crippen MR) is 116 cm³/mol. The van der Waals surface area contributed by atoms with Crippen LogP contribution >= 0.6 is 0 Å². The number of ketones is 1. The van der Waals surface area contributed by atoms with Crippen molar-refractivity contribution >= 4 is 5.78 Å². The Hall–Kier alpha value is -2.86. The van der Waals surface area contributed by atoms with E-state index in [4.69, 9.17) is 4.74 Å². The van der Waals surface area contributed by atoms with Crippen LogP contribution in [0.15, 0.2) is 64.3 Å². The molecule has 0 aromatic heterocycles. The van der Waals surface area contributed by atoms with E-state index in [1.807, 2.05) is 59.7 Å². The molecule has 0 aliphatic carbocycles. The molecule has 0 aliphatic rings. The summed E-state index contributed by atoms with van der Waals surface area (Å²) < 4.78 is 5.67. The first-order chi connectivity index (χ1) is 13.1. The van der Waals surface area contributed by atoms with Crippen molar-refractivity contribution in [3.63, 3.8) is 0 Å². The smallest absolute Gasteiger partial charge is 0.156 e. The first kappa shape index (κ1) is 23.2. The molecule has 28 heavy (non-hydrogen) atoms. The lowest BCUT2D eigenvalue weighted by Crippen LogP contribution is -2.17. The van der Waals surface area contributed by atoms with Crippen molar-refractivity contribution in [1.82, 2.24) is 0 Å². The van der Waals surface area contributed by atoms with E-state index in [2.05, 4.69) is 12.6 Å². The minimum Gasteiger partial charge on any atom is -0.496 e. The molecule has 1 rings (SSSR count). The normalized spacial score (nSPS) is 13.2. The maximum absolute atomic E-state index is 12.7. The molecule has 0 heterocycles. The minimum atomic E-state index is -0.362. The molecule has 0 bridgehead atoms. The summed E-state index contributed by atoms with van der Waals surface area (Å²) in [5.74, 6) is 0.354. The van der Waals surface area contributed by atoms with E-state index in [-0.39, 0.29) is 11.7 Å². The highest BCUT2D eigenvalue weighted by Crippen LogP contribution is 2.43. The maximum Gasteiger partial charge on any atom is 0.156 e. The Labute approximate surface area is 169 Å². The molecule has 1 unspecified atom stereocenters. The molecule has 1 aromatic rings. The van der Waals surface area contributed by atoms with E-state index in [1.165, 1.54) is 0 Å². The van der Waals surface area contributed by atoms with E-state index in [0.29, 0.717) is 11.1 Å². The number of rotatable bonds is 7. The molecule has 3 nitrogen and oxygen atoms in total. The van der Waals surface area contributed by atoms with Crippen molar-refractivity contribution in [2.75, 3.05) is 7.11 Å². The van der Waals surface area contributed by atoms with Crippen LogP contribution in [0.1, 0.15) is 58.6 Å². The molecular formula is C25H31NO2. The Bertz CT molecular complexity index is 916. The van der Waals surface area contributed by atoms with Gasteiger partial charge in [0.1, 0.15) is 5.75 Å². The van der Waals surface area contributed by atoms with E-state index in [9.17, 15) is 10.1 Å². The number of nitrogens with zero attached hydrogens (tertiary/aromatic N) is 1. The molecule has 0 fully saturated rings. The first-order valence-corrected chi connectivity index (χ1v) is 9.36. The molecule has 0 spiro atoms. The Balaban J connectivity index is 4.11. The molecule has 0 saturated carbocycles. The van der Waals surface area contributed by atoms with Crippen LogP contribution in [0.3, 0.4) is 0 Å². The van der Waals surface area contributed by atoms with E-state index in [1.54, 1.807) is 20.1 Å². The summed E-state index contributed by atoms with van der Waals surface area (Å²) in [6, 6.07) is 8.24. The van der Waals surface area contributed by atoms with Gasteiger partial charge in [-0.05, 0) is 71.2 Å². The largest absolute Gasteiger partial charge is 0.496 e. The Morgan fingerprint density at radius 3 is 2.18 bits per heavy atom. The van der Waals surface area contributed by atoms with Crippen LogP contribution in [-0.2, 0) is 4.79 Å². The molecule has 148 valence electrons. The number of aryl methyl sites for hydroxylation is 1. The van der Waals surface area contributed by atoms with Crippen LogP contribution in [0.2, 0.25) is 0 Å². The fourth-order valence-corrected chi connectivity index (χ4v) is 3.65. The highest BCUT2D eigenvalue weighted by Gasteiger charge is 2.30. The van der Waals surface area contributed by atoms with Crippen molar-refractivity contribution in [3.05, 3.63) is 75.4 Å². The van der Waals surface area contributed by atoms with Crippen LogP contribution < -0.4 is 4.74 Å². The Morgan fingerprint density at radius 1 is 1.18 bits per heavy atom. The van der Waals surface area contributed by atoms with Gasteiger partial charge in [-0.2, -0.15) is 5.26 Å². The van der Waals surface area contributed by atoms with Gasteiger partial charge in [-0.25, -0.2) is 0 Å². The van der Waals surface area contributed by atoms with Crippen molar-refractivity contribution in [3.8, 4) is 11.8 Å². The Morgan fingerprint density at radius 2 is 1.79 bits per heavy atom. The number of nitriles is 1. The van der Waals surface area contributed by atoms with Gasteiger partial charge in [-0.3, -0.25) is 4.79 Å². The lowest BCUT2D eigenvalue weighted by molar-refractivity contribution is -0.113. The monoisotopic (exact) mass is 377 g/mol. The second kappa shape index (κ2) is 9.90. The number of carbonyl (C=O) groups is 1. The predicted octanol–water partition coefficient (Wildman–Crippen LogP) is 6.38. The molecule has 0 saturated heterocycles. The molecule has 0 radical (unpaired) electrons. The number of hydrogen-bond acceptors (Lipinski definition) is 3. The standard InChI is InChI=1S/C25H31NO2/c1-10-20(14-26)18(7)23(15(2)3)25(24(16(4)5)19(8)27)21-12-11-17(6)13-22(21)28-9/h10-13,25H,2H2,1,3-9H3/b20-10-,23-18+. The lowest BCUT2D eigenvalue weighted by Gasteiger charge is -2.28. The third-order valence-electron chi connectivity index (χ3n) is 4.87. The number of ether oxygens (including phenoxy) is 1. The fraction of sp³-hybridized carbons (Fsp3) is 0.360. The summed E-state index contributed by atoms with van der Waals surface area (Å²) in [7, 11) is 1.63. The van der Waals surface area contributed by atoms with Gasteiger partial charge in [-0.1, -0.05) is 35.9 Å². The molecule has 0 N–H and O–H groups in total. The van der Waals surface area contributed by atoms with Gasteiger partial charge in [0, 0.05) is 17.1 Å². The molecule has 1 atom stereocenters. The molecule has 0 amide bonds. The third-order valence-corrected chi connectivity index (χ3v) is 4.87. The van der Waals surface area contributed by atoms with Crippen LogP contribution in [0.4, 0.5) is 0 Å². The summed E-state index contributed by atoms with van der Waals surface area (Å²) in [5.41, 5.74) is 6.70. The van der Waals surface area contributed by atoms with Gasteiger partial charge in [0.15, 0.2) is 5.78 Å². The quantitative estimate of drug-likeness (QED) is 0.315. The number of allylic oxidation sites excluding steroid dienone is 7. The number of hydrogen-bond donors (Lipinski definition) is 0. The topological polar surface area (TPSA) is 50.1 Å². The minimum absolute atomic E-state index is 0.00170. The maximum atomic E-state index is 12.7. The van der Waals surface area contributed by atoms with Gasteiger partial charge in [0.25, 0.3) is 0 Å². The van der Waals surface area contributed by atoms with Crippen molar-refractivity contribution < 1.29 is 9.53 Å². The average molecular weight is 378 g/mol. The van der Waals surface area contributed by atoms with Crippen LogP contribution in [0.25, 0.3) is 0 Å². The second-order valence-electron chi connectivity index (χ2n) is 7.28. The van der Waals surface area contributed by atoms with E-state index >= 15 is 0 Å². The average Bonchev–Trinajstić information content (AvgIpc) is 2.61. The van der Waals surface area contributed by atoms with Gasteiger partial charge >= 0.3 is 0 Å². The zero-order valence-corrected chi connectivity index (χ0v) is 18.4. The molecule has 3 heteroatoms. The van der Waals surface area contributed by atoms with Gasteiger partial charge in [-0.15, -0.1) is 0 Å². The SMILES string of the molecule is C=C(C)/C(=C(C)\C(C#N)=C/C)C(C(C(C)=O)=C(C)C)c1ccc(C)cc1OC. The second-order valence-corrected chi connectivity index (χ2v) is 7.28. The lowest BCUT2D eigenvalue weighted by atomic mass is 9.75. The summed E-state index contributed by atoms with van der Waals surface area (Å²) in [4.78, 5) is 12.7. The summed E-state index contributed by atoms with van der Waals surface area (Å²) >= 11 is 0. The van der Waals surface area contributed by atoms with Crippen molar-refractivity contribution in [2.45, 2.75) is 54.4 Å². The van der Waals surface area contributed by atoms with Crippen LogP contribution in [-0.4, -0.2) is 12.9 Å². The Kier molecular flexibility index (Phi) is 8.19. The summed E-state index contributed by atoms with van der Waals surface area (Å²) in [5, 5.41) is 9.59. The van der Waals surface area contributed by atoms with Crippen molar-refractivity contribution in [1.29, 1.82) is 5.26 Å². The highest BCUT2D eigenvalue weighted by atomic mass is 16.5. The van der Waals surface area contributed by atoms with Crippen LogP contribution in [0.5, 0.6) is 5.75 Å². The van der Waals surface area contributed by atoms with Crippen LogP contribution in [0, 0.1) is 18.3 Å². The molecule has 1 aromatic carbocycles. The van der Waals surface area contributed by atoms with Crippen molar-refractivity contribution in [2.24, 2.45) is 0 Å². The summed E-state index contributed by atoms with van der Waals surface area (Å²) in [6.07, 6.45) is 1.79. The van der Waals surface area contributed by atoms with Gasteiger partial charge < -0.3 is 4.74 Å².